The normalized spacial score (nSPS) is 19.1. The number of carbonyl (C=O) groups is 1. The molecule has 0 radical (unpaired) electrons. The van der Waals surface area contributed by atoms with Crippen molar-refractivity contribution in [2.75, 3.05) is 6.61 Å². The molecule has 1 fully saturated rings. The van der Waals surface area contributed by atoms with E-state index in [1.54, 1.807) is 48.5 Å². The molecule has 0 aromatic heterocycles. The second-order valence-corrected chi connectivity index (χ2v) is 9.12. The Labute approximate surface area is 202 Å². The van der Waals surface area contributed by atoms with Crippen molar-refractivity contribution in [1.82, 2.24) is 0 Å². The van der Waals surface area contributed by atoms with Gasteiger partial charge < -0.3 is 14.2 Å². The van der Waals surface area contributed by atoms with Gasteiger partial charge in [-0.25, -0.2) is 0 Å². The van der Waals surface area contributed by atoms with Crippen LogP contribution in [0.15, 0.2) is 78.9 Å². The van der Waals surface area contributed by atoms with Crippen LogP contribution in [-0.4, -0.2) is 16.9 Å². The van der Waals surface area contributed by atoms with Crippen molar-refractivity contribution in [3.8, 4) is 23.3 Å². The quantitative estimate of drug-likeness (QED) is 0.271. The van der Waals surface area contributed by atoms with Crippen molar-refractivity contribution < 1.29 is 19.0 Å². The molecule has 0 spiro atoms. The van der Waals surface area contributed by atoms with E-state index in [1.807, 2.05) is 43.3 Å². The number of ether oxygens (including phenoxy) is 3. The Balaban J connectivity index is 1.55. The van der Waals surface area contributed by atoms with E-state index < -0.39 is 21.8 Å². The van der Waals surface area contributed by atoms with Gasteiger partial charge in [-0.05, 0) is 54.4 Å². The molecule has 0 amide bonds. The van der Waals surface area contributed by atoms with E-state index in [1.165, 1.54) is 0 Å². The van der Waals surface area contributed by atoms with E-state index in [0.29, 0.717) is 35.0 Å². The number of nitriles is 1. The lowest BCUT2D eigenvalue weighted by molar-refractivity contribution is -0.152. The molecule has 0 N–H and O–H groups in total. The van der Waals surface area contributed by atoms with Crippen LogP contribution in [0.2, 0.25) is 0 Å². The van der Waals surface area contributed by atoms with E-state index in [4.69, 9.17) is 37.4 Å². The Morgan fingerprint density at radius 1 is 1.00 bits per heavy atom. The lowest BCUT2D eigenvalue weighted by Crippen LogP contribution is -2.27. The third-order valence-electron chi connectivity index (χ3n) is 5.38. The molecule has 3 aromatic carbocycles. The first-order chi connectivity index (χ1) is 15.9. The van der Waals surface area contributed by atoms with Crippen molar-refractivity contribution in [1.29, 1.82) is 5.26 Å². The zero-order valence-corrected chi connectivity index (χ0v) is 19.3. The molecule has 0 bridgehead atoms. The van der Waals surface area contributed by atoms with Gasteiger partial charge in [0.05, 0.1) is 12.7 Å². The van der Waals surface area contributed by atoms with Gasteiger partial charge in [-0.15, -0.1) is 0 Å². The number of rotatable bonds is 8. The molecule has 2 atom stereocenters. The number of alkyl halides is 2. The largest absolute Gasteiger partial charge is 0.494 e. The van der Waals surface area contributed by atoms with Crippen molar-refractivity contribution in [3.05, 3.63) is 90.0 Å². The van der Waals surface area contributed by atoms with Gasteiger partial charge >= 0.3 is 5.97 Å². The van der Waals surface area contributed by atoms with Crippen LogP contribution in [0.3, 0.4) is 0 Å². The topological polar surface area (TPSA) is 68.5 Å². The first-order valence-electron chi connectivity index (χ1n) is 10.4. The fourth-order valence-corrected chi connectivity index (χ4v) is 4.29. The summed E-state index contributed by atoms with van der Waals surface area (Å²) in [6.45, 7) is 2.42. The maximum absolute atomic E-state index is 13.1. The molecule has 0 heterocycles. The second kappa shape index (κ2) is 9.35. The molecule has 0 saturated heterocycles. The number of nitrogens with zero attached hydrogens (tertiary/aromatic N) is 1. The lowest BCUT2D eigenvalue weighted by Gasteiger charge is -2.22. The van der Waals surface area contributed by atoms with Gasteiger partial charge in [0.15, 0.2) is 15.9 Å². The van der Waals surface area contributed by atoms with Crippen LogP contribution in [0.5, 0.6) is 17.2 Å². The Morgan fingerprint density at radius 3 is 2.27 bits per heavy atom. The van der Waals surface area contributed by atoms with E-state index in [9.17, 15) is 10.1 Å². The Hall–Kier alpha value is -3.20. The minimum absolute atomic E-state index is 0.220. The predicted octanol–water partition coefficient (Wildman–Crippen LogP) is 6.50. The summed E-state index contributed by atoms with van der Waals surface area (Å²) in [5.74, 6) is -0.0704. The van der Waals surface area contributed by atoms with Crippen molar-refractivity contribution in [3.63, 3.8) is 0 Å². The SMILES string of the molecule is CCOc1ccc([C@@]2(OC(=O)[C@@H](C#N)c3cccc(Oc4ccccc4)c3)CC2(Cl)Cl)cc1. The van der Waals surface area contributed by atoms with Crippen LogP contribution >= 0.6 is 23.2 Å². The summed E-state index contributed by atoms with van der Waals surface area (Å²) >= 11 is 12.8. The van der Waals surface area contributed by atoms with Crippen LogP contribution in [-0.2, 0) is 15.1 Å². The number of hydrogen-bond donors (Lipinski definition) is 0. The highest BCUT2D eigenvalue weighted by Crippen LogP contribution is 2.65. The molecule has 3 aromatic rings. The van der Waals surface area contributed by atoms with Gasteiger partial charge in [0.2, 0.25) is 0 Å². The van der Waals surface area contributed by atoms with Gasteiger partial charge in [0.1, 0.15) is 17.2 Å². The molecular weight excluding hydrogens is 461 g/mol. The standard InChI is InChI=1S/C26H21Cl2NO4/c1-2-31-20-13-11-19(12-14-20)25(17-26(25,27)28)33-24(30)23(16-29)18-7-6-10-22(15-18)32-21-8-4-3-5-9-21/h3-15,23H,2,17H2,1H3/t23-,25-/m0/s1. The molecule has 1 aliphatic carbocycles. The van der Waals surface area contributed by atoms with E-state index in [-0.39, 0.29) is 6.42 Å². The minimum atomic E-state index is -1.28. The maximum Gasteiger partial charge on any atom is 0.328 e. The van der Waals surface area contributed by atoms with Crippen molar-refractivity contribution >= 4 is 29.2 Å². The molecule has 5 nitrogen and oxygen atoms in total. The van der Waals surface area contributed by atoms with Crippen LogP contribution in [0.4, 0.5) is 0 Å². The average Bonchev–Trinajstić information content (AvgIpc) is 3.36. The van der Waals surface area contributed by atoms with Gasteiger partial charge in [0.25, 0.3) is 0 Å². The highest BCUT2D eigenvalue weighted by atomic mass is 35.5. The average molecular weight is 482 g/mol. The minimum Gasteiger partial charge on any atom is -0.494 e. The van der Waals surface area contributed by atoms with E-state index in [2.05, 4.69) is 0 Å². The second-order valence-electron chi connectivity index (χ2n) is 7.64. The van der Waals surface area contributed by atoms with Crippen molar-refractivity contribution in [2.24, 2.45) is 0 Å². The van der Waals surface area contributed by atoms with Crippen LogP contribution in [0.25, 0.3) is 0 Å². The van der Waals surface area contributed by atoms with E-state index in [0.717, 1.165) is 0 Å². The monoisotopic (exact) mass is 481 g/mol. The number of benzene rings is 3. The third kappa shape index (κ3) is 4.78. The number of esters is 1. The molecule has 0 aliphatic heterocycles. The predicted molar refractivity (Wildman–Crippen MR) is 126 cm³/mol. The van der Waals surface area contributed by atoms with Crippen LogP contribution < -0.4 is 9.47 Å². The summed E-state index contributed by atoms with van der Waals surface area (Å²) < 4.78 is 15.8. The van der Waals surface area contributed by atoms with Crippen LogP contribution in [0.1, 0.15) is 30.4 Å². The van der Waals surface area contributed by atoms with E-state index >= 15 is 0 Å². The summed E-state index contributed by atoms with van der Waals surface area (Å²) in [5, 5.41) is 9.77. The number of halogens is 2. The Kier molecular flexibility index (Phi) is 6.51. The smallest absolute Gasteiger partial charge is 0.328 e. The highest BCUT2D eigenvalue weighted by Gasteiger charge is 2.71. The zero-order chi connectivity index (χ0) is 23.5. The summed E-state index contributed by atoms with van der Waals surface area (Å²) in [6.07, 6.45) is 0.220. The zero-order valence-electron chi connectivity index (χ0n) is 17.8. The molecule has 168 valence electrons. The molecule has 4 rings (SSSR count). The first-order valence-corrected chi connectivity index (χ1v) is 11.2. The summed E-state index contributed by atoms with van der Waals surface area (Å²) in [5.41, 5.74) is -0.138. The summed E-state index contributed by atoms with van der Waals surface area (Å²) in [7, 11) is 0. The maximum atomic E-state index is 13.1. The Morgan fingerprint density at radius 2 is 1.67 bits per heavy atom. The number of hydrogen-bond acceptors (Lipinski definition) is 5. The lowest BCUT2D eigenvalue weighted by atomic mass is 10.00. The molecule has 33 heavy (non-hydrogen) atoms. The molecule has 1 saturated carbocycles. The van der Waals surface area contributed by atoms with Gasteiger partial charge in [-0.3, -0.25) is 4.79 Å². The van der Waals surface area contributed by atoms with Gasteiger partial charge in [0, 0.05) is 6.42 Å². The molecule has 0 unspecified atom stereocenters. The third-order valence-corrected chi connectivity index (χ3v) is 6.26. The fourth-order valence-electron chi connectivity index (χ4n) is 3.61. The summed E-state index contributed by atoms with van der Waals surface area (Å²) in [4.78, 5) is 13.1. The fraction of sp³-hybridized carbons (Fsp3) is 0.231. The first kappa shape index (κ1) is 23.0. The molecule has 1 aliphatic rings. The van der Waals surface area contributed by atoms with Crippen LogP contribution in [0, 0.1) is 11.3 Å². The van der Waals surface area contributed by atoms with Gasteiger partial charge in [-0.1, -0.05) is 65.7 Å². The highest BCUT2D eigenvalue weighted by molar-refractivity contribution is 6.52. The van der Waals surface area contributed by atoms with Crippen molar-refractivity contribution in [2.45, 2.75) is 29.2 Å². The molecular formula is C26H21Cl2NO4. The molecule has 7 heteroatoms. The Bertz CT molecular complexity index is 1170. The number of para-hydroxylation sites is 1. The number of carbonyl (C=O) groups excluding carboxylic acids is 1. The summed E-state index contributed by atoms with van der Waals surface area (Å²) in [6, 6.07) is 25.1. The van der Waals surface area contributed by atoms with Gasteiger partial charge in [-0.2, -0.15) is 5.26 Å².